The van der Waals surface area contributed by atoms with Crippen LogP contribution in [0, 0.1) is 5.82 Å². The van der Waals surface area contributed by atoms with Crippen LogP contribution in [-0.2, 0) is 11.0 Å². The van der Waals surface area contributed by atoms with Crippen molar-refractivity contribution in [3.63, 3.8) is 0 Å². The molecule has 0 saturated heterocycles. The number of hydrogen-bond acceptors (Lipinski definition) is 3. The quantitative estimate of drug-likeness (QED) is 0.664. The predicted molar refractivity (Wildman–Crippen MR) is 97.2 cm³/mol. The average molecular weight is 426 g/mol. The summed E-state index contributed by atoms with van der Waals surface area (Å²) < 4.78 is 58.6. The molecule has 0 unspecified atom stereocenters. The van der Waals surface area contributed by atoms with Crippen molar-refractivity contribution in [1.29, 1.82) is 0 Å². The van der Waals surface area contributed by atoms with Crippen LogP contribution in [0.5, 0.6) is 11.5 Å². The van der Waals surface area contributed by atoms with Gasteiger partial charge in [0, 0.05) is 23.2 Å². The zero-order chi connectivity index (χ0) is 21.2. The minimum atomic E-state index is -4.71. The minimum absolute atomic E-state index is 0.0981. The third kappa shape index (κ3) is 5.03. The molecular formula is C20H12ClF4NO3. The number of alkyl halides is 3. The monoisotopic (exact) mass is 425 g/mol. The highest BCUT2D eigenvalue weighted by molar-refractivity contribution is 6.30. The van der Waals surface area contributed by atoms with Gasteiger partial charge in [-0.25, -0.2) is 4.39 Å². The number of ketones is 1. The molecule has 1 amide bonds. The van der Waals surface area contributed by atoms with Crippen molar-refractivity contribution in [2.45, 2.75) is 12.6 Å². The minimum Gasteiger partial charge on any atom is -0.453 e. The van der Waals surface area contributed by atoms with Gasteiger partial charge in [-0.05, 0) is 42.5 Å². The molecule has 0 heterocycles. The molecule has 0 spiro atoms. The van der Waals surface area contributed by atoms with Gasteiger partial charge in [-0.1, -0.05) is 17.7 Å². The Morgan fingerprint density at radius 1 is 1.10 bits per heavy atom. The van der Waals surface area contributed by atoms with Gasteiger partial charge in [0.2, 0.25) is 0 Å². The Morgan fingerprint density at radius 3 is 2.48 bits per heavy atom. The number of rotatable bonds is 4. The fraction of sp³-hybridized carbons (Fsp3) is 0.100. The van der Waals surface area contributed by atoms with Gasteiger partial charge in [0.05, 0.1) is 11.1 Å². The highest BCUT2D eigenvalue weighted by atomic mass is 35.5. The summed E-state index contributed by atoms with van der Waals surface area (Å²) in [5.74, 6) is -2.71. The van der Waals surface area contributed by atoms with Crippen molar-refractivity contribution in [3.8, 4) is 11.5 Å². The molecule has 29 heavy (non-hydrogen) atoms. The lowest BCUT2D eigenvalue weighted by molar-refractivity contribution is -0.137. The van der Waals surface area contributed by atoms with Crippen LogP contribution >= 0.6 is 11.6 Å². The molecule has 1 aliphatic carbocycles. The maximum Gasteiger partial charge on any atom is 0.416 e. The van der Waals surface area contributed by atoms with Crippen LogP contribution < -0.4 is 10.1 Å². The normalized spacial score (nSPS) is 13.8. The van der Waals surface area contributed by atoms with Crippen molar-refractivity contribution >= 4 is 23.3 Å². The first-order valence-electron chi connectivity index (χ1n) is 8.20. The van der Waals surface area contributed by atoms with Gasteiger partial charge in [-0.2, -0.15) is 13.2 Å². The molecule has 150 valence electrons. The number of hydrogen-bond donors (Lipinski definition) is 1. The topological polar surface area (TPSA) is 55.4 Å². The maximum absolute atomic E-state index is 14.0. The van der Waals surface area contributed by atoms with E-state index >= 15 is 0 Å². The first-order chi connectivity index (χ1) is 13.6. The smallest absolute Gasteiger partial charge is 0.416 e. The first-order valence-corrected chi connectivity index (χ1v) is 8.58. The lowest BCUT2D eigenvalue weighted by Gasteiger charge is -2.15. The second-order valence-corrected chi connectivity index (χ2v) is 6.45. The van der Waals surface area contributed by atoms with Crippen molar-refractivity contribution in [3.05, 3.63) is 82.3 Å². The van der Waals surface area contributed by atoms with E-state index in [4.69, 9.17) is 16.3 Å². The van der Waals surface area contributed by atoms with Crippen molar-refractivity contribution in [2.75, 3.05) is 0 Å². The molecule has 0 fully saturated rings. The SMILES string of the molecule is O=C1C=C(NC(=O)c2cc(C(F)(F)F)ccc2Oc2ccc(Cl)cc2F)C=CC1. The zero-order valence-corrected chi connectivity index (χ0v) is 15.3. The van der Waals surface area contributed by atoms with Crippen molar-refractivity contribution in [1.82, 2.24) is 5.32 Å². The summed E-state index contributed by atoms with van der Waals surface area (Å²) in [7, 11) is 0. The van der Waals surface area contributed by atoms with E-state index in [0.29, 0.717) is 12.1 Å². The van der Waals surface area contributed by atoms with Gasteiger partial charge in [0.1, 0.15) is 5.75 Å². The lowest BCUT2D eigenvalue weighted by atomic mass is 10.1. The highest BCUT2D eigenvalue weighted by Gasteiger charge is 2.32. The Hall–Kier alpha value is -3.13. The molecule has 0 atom stereocenters. The largest absolute Gasteiger partial charge is 0.453 e. The zero-order valence-electron chi connectivity index (χ0n) is 14.5. The summed E-state index contributed by atoms with van der Waals surface area (Å²) in [5, 5.41) is 2.44. The van der Waals surface area contributed by atoms with E-state index in [1.807, 2.05) is 0 Å². The van der Waals surface area contributed by atoms with Gasteiger partial charge in [0.15, 0.2) is 17.3 Å². The molecule has 0 radical (unpaired) electrons. The van der Waals surface area contributed by atoms with E-state index < -0.39 is 29.0 Å². The van der Waals surface area contributed by atoms with Crippen molar-refractivity contribution < 1.29 is 31.9 Å². The Balaban J connectivity index is 1.98. The third-order valence-corrected chi connectivity index (χ3v) is 4.09. The predicted octanol–water partition coefficient (Wildman–Crippen LogP) is 5.43. The second-order valence-electron chi connectivity index (χ2n) is 6.01. The van der Waals surface area contributed by atoms with Crippen molar-refractivity contribution in [2.24, 2.45) is 0 Å². The van der Waals surface area contributed by atoms with E-state index in [1.165, 1.54) is 24.3 Å². The Morgan fingerprint density at radius 2 is 1.83 bits per heavy atom. The van der Waals surface area contributed by atoms with Crippen LogP contribution in [0.1, 0.15) is 22.3 Å². The molecule has 2 aromatic carbocycles. The number of ether oxygens (including phenoxy) is 1. The Kier molecular flexibility index (Phi) is 5.74. The van der Waals surface area contributed by atoms with E-state index in [0.717, 1.165) is 18.2 Å². The van der Waals surface area contributed by atoms with E-state index in [2.05, 4.69) is 5.32 Å². The first kappa shape index (κ1) is 20.6. The number of allylic oxidation sites excluding steroid dienone is 3. The molecule has 1 N–H and O–H groups in total. The van der Waals surface area contributed by atoms with E-state index in [9.17, 15) is 27.2 Å². The molecule has 0 aromatic heterocycles. The number of carbonyl (C=O) groups is 2. The molecule has 1 aliphatic rings. The fourth-order valence-electron chi connectivity index (χ4n) is 2.51. The molecule has 0 aliphatic heterocycles. The van der Waals surface area contributed by atoms with Crippen LogP contribution in [0.15, 0.2) is 60.3 Å². The van der Waals surface area contributed by atoms with E-state index in [1.54, 1.807) is 0 Å². The van der Waals surface area contributed by atoms with Crippen LogP contribution in [0.3, 0.4) is 0 Å². The lowest BCUT2D eigenvalue weighted by Crippen LogP contribution is -2.24. The Bertz CT molecular complexity index is 1040. The summed E-state index contributed by atoms with van der Waals surface area (Å²) in [6.45, 7) is 0. The van der Waals surface area contributed by atoms with Gasteiger partial charge in [-0.3, -0.25) is 9.59 Å². The molecule has 9 heteroatoms. The van der Waals surface area contributed by atoms with Gasteiger partial charge in [-0.15, -0.1) is 0 Å². The Labute approximate surface area is 167 Å². The second kappa shape index (κ2) is 8.08. The fourth-order valence-corrected chi connectivity index (χ4v) is 2.67. The average Bonchev–Trinajstić information content (AvgIpc) is 2.63. The van der Waals surface area contributed by atoms with Gasteiger partial charge >= 0.3 is 6.18 Å². The molecule has 0 saturated carbocycles. The number of carbonyl (C=O) groups excluding carboxylic acids is 2. The number of amides is 1. The molecule has 0 bridgehead atoms. The summed E-state index contributed by atoms with van der Waals surface area (Å²) >= 11 is 5.67. The molecule has 2 aromatic rings. The molecular weight excluding hydrogens is 414 g/mol. The van der Waals surface area contributed by atoms with Gasteiger partial charge < -0.3 is 10.1 Å². The standard InChI is InChI=1S/C20H12ClF4NO3/c21-12-5-7-18(16(22)9-12)29-17-6-4-11(20(23,24)25)8-15(17)19(28)26-13-2-1-3-14(27)10-13/h1-2,4-10H,3H2,(H,26,28). The highest BCUT2D eigenvalue weighted by Crippen LogP contribution is 2.35. The van der Waals surface area contributed by atoms with Crippen LogP contribution in [0.4, 0.5) is 17.6 Å². The van der Waals surface area contributed by atoms with Crippen LogP contribution in [-0.4, -0.2) is 11.7 Å². The molecule has 3 rings (SSSR count). The number of nitrogens with one attached hydrogen (secondary N) is 1. The number of halogens is 5. The number of benzene rings is 2. The maximum atomic E-state index is 14.0. The van der Waals surface area contributed by atoms with Crippen LogP contribution in [0.2, 0.25) is 5.02 Å². The summed E-state index contributed by atoms with van der Waals surface area (Å²) in [6, 6.07) is 5.69. The van der Waals surface area contributed by atoms with Crippen LogP contribution in [0.25, 0.3) is 0 Å². The molecule has 4 nitrogen and oxygen atoms in total. The van der Waals surface area contributed by atoms with E-state index in [-0.39, 0.29) is 34.4 Å². The summed E-state index contributed by atoms with van der Waals surface area (Å²) in [5.41, 5.74) is -1.45. The summed E-state index contributed by atoms with van der Waals surface area (Å²) in [4.78, 5) is 24.0. The summed E-state index contributed by atoms with van der Waals surface area (Å²) in [6.07, 6.45) is -0.437. The van der Waals surface area contributed by atoms with Gasteiger partial charge in [0.25, 0.3) is 5.91 Å². The third-order valence-electron chi connectivity index (χ3n) is 3.86.